The Morgan fingerprint density at radius 1 is 1.05 bits per heavy atom. The van der Waals surface area contributed by atoms with Crippen LogP contribution in [0.15, 0.2) is 64.7 Å². The van der Waals surface area contributed by atoms with Gasteiger partial charge >= 0.3 is 12.0 Å². The quantitative estimate of drug-likeness (QED) is 0.557. The molecule has 10 heteroatoms. The minimum Gasteiger partial charge on any atom is -0.463 e. The van der Waals surface area contributed by atoms with Gasteiger partial charge in [0.05, 0.1) is 23.1 Å². The molecule has 1 unspecified atom stereocenters. The number of nitrogens with one attached hydrogen (secondary N) is 1. The standard InChI is InChI=1S/C27H34N4O5S/c1-5-36-26(32)24-23(29(4)27(33)28-25(24)22-12-11-19(2)17-20(22)3)18-30-13-15-31(16-14-30)37(34,35)21-9-7-6-8-10-21/h6-12,17,25H,5,13-16,18H2,1-4H3,(H,28,33). The van der Waals surface area contributed by atoms with Crippen molar-refractivity contribution in [3.63, 3.8) is 0 Å². The number of sulfonamides is 1. The Kier molecular flexibility index (Phi) is 8.01. The Bertz CT molecular complexity index is 1300. The third-order valence-corrected chi connectivity index (χ3v) is 8.81. The van der Waals surface area contributed by atoms with Crippen molar-refractivity contribution in [3.05, 3.63) is 76.5 Å². The number of hydrogen-bond donors (Lipinski definition) is 1. The summed E-state index contributed by atoms with van der Waals surface area (Å²) in [4.78, 5) is 30.0. The number of carbonyl (C=O) groups excluding carboxylic acids is 2. The minimum absolute atomic E-state index is 0.211. The fraction of sp³-hybridized carbons (Fsp3) is 0.407. The molecule has 1 atom stereocenters. The minimum atomic E-state index is -3.58. The van der Waals surface area contributed by atoms with Crippen molar-refractivity contribution >= 4 is 22.0 Å². The summed E-state index contributed by atoms with van der Waals surface area (Å²) in [5.74, 6) is -0.473. The molecule has 4 rings (SSSR count). The van der Waals surface area contributed by atoms with Crippen LogP contribution in [-0.4, -0.2) is 80.9 Å². The Balaban J connectivity index is 1.62. The van der Waals surface area contributed by atoms with Gasteiger partial charge < -0.3 is 10.1 Å². The van der Waals surface area contributed by atoms with E-state index in [0.29, 0.717) is 44.0 Å². The number of piperazine rings is 1. The van der Waals surface area contributed by atoms with Gasteiger partial charge in [-0.3, -0.25) is 9.80 Å². The first-order valence-electron chi connectivity index (χ1n) is 12.4. The van der Waals surface area contributed by atoms with E-state index in [4.69, 9.17) is 4.74 Å². The number of esters is 1. The molecular formula is C27H34N4O5S. The second-order valence-corrected chi connectivity index (χ2v) is 11.3. The predicted octanol–water partition coefficient (Wildman–Crippen LogP) is 2.82. The third kappa shape index (κ3) is 5.56. The monoisotopic (exact) mass is 526 g/mol. The topological polar surface area (TPSA) is 99.3 Å². The van der Waals surface area contributed by atoms with Crippen LogP contribution in [0.25, 0.3) is 0 Å². The summed E-state index contributed by atoms with van der Waals surface area (Å²) in [6, 6.07) is 13.4. The lowest BCUT2D eigenvalue weighted by Gasteiger charge is -2.39. The maximum absolute atomic E-state index is 13.2. The molecule has 0 aliphatic carbocycles. The average Bonchev–Trinajstić information content (AvgIpc) is 2.87. The number of ether oxygens (including phenoxy) is 1. The van der Waals surface area contributed by atoms with Gasteiger partial charge in [-0.05, 0) is 44.0 Å². The molecule has 2 amide bonds. The molecule has 1 N–H and O–H groups in total. The lowest BCUT2D eigenvalue weighted by Crippen LogP contribution is -2.53. The van der Waals surface area contributed by atoms with Gasteiger partial charge in [-0.1, -0.05) is 42.0 Å². The third-order valence-electron chi connectivity index (χ3n) is 6.89. The molecule has 2 aromatic rings. The molecule has 0 aromatic heterocycles. The Morgan fingerprint density at radius 2 is 1.73 bits per heavy atom. The highest BCUT2D eigenvalue weighted by molar-refractivity contribution is 7.89. The van der Waals surface area contributed by atoms with E-state index in [0.717, 1.165) is 16.7 Å². The number of rotatable bonds is 7. The van der Waals surface area contributed by atoms with Crippen molar-refractivity contribution in [2.45, 2.75) is 31.7 Å². The normalized spacial score (nSPS) is 19.6. The largest absolute Gasteiger partial charge is 0.463 e. The molecule has 198 valence electrons. The van der Waals surface area contributed by atoms with Crippen molar-refractivity contribution < 1.29 is 22.7 Å². The molecule has 2 aromatic carbocycles. The summed E-state index contributed by atoms with van der Waals surface area (Å²) in [6.07, 6.45) is 0. The maximum Gasteiger partial charge on any atom is 0.338 e. The van der Waals surface area contributed by atoms with Gasteiger partial charge in [-0.15, -0.1) is 0 Å². The molecule has 2 aliphatic heterocycles. The second kappa shape index (κ2) is 11.0. The number of likely N-dealkylation sites (N-methyl/N-ethyl adjacent to an activating group) is 1. The lowest BCUT2D eigenvalue weighted by atomic mass is 9.90. The van der Waals surface area contributed by atoms with E-state index in [9.17, 15) is 18.0 Å². The summed E-state index contributed by atoms with van der Waals surface area (Å²) < 4.78 is 33.0. The summed E-state index contributed by atoms with van der Waals surface area (Å²) >= 11 is 0. The first-order chi connectivity index (χ1) is 17.6. The highest BCUT2D eigenvalue weighted by Gasteiger charge is 2.38. The van der Waals surface area contributed by atoms with Crippen molar-refractivity contribution in [1.29, 1.82) is 0 Å². The van der Waals surface area contributed by atoms with Crippen LogP contribution < -0.4 is 5.32 Å². The van der Waals surface area contributed by atoms with Gasteiger partial charge in [-0.2, -0.15) is 4.31 Å². The number of aryl methyl sites for hydroxylation is 2. The number of hydrogen-bond acceptors (Lipinski definition) is 6. The molecule has 2 heterocycles. The fourth-order valence-corrected chi connectivity index (χ4v) is 6.31. The molecule has 0 radical (unpaired) electrons. The molecule has 1 saturated heterocycles. The van der Waals surface area contributed by atoms with E-state index >= 15 is 0 Å². The first kappa shape index (κ1) is 26.8. The van der Waals surface area contributed by atoms with E-state index in [2.05, 4.69) is 10.2 Å². The zero-order chi connectivity index (χ0) is 26.7. The van der Waals surface area contributed by atoms with Crippen molar-refractivity contribution in [3.8, 4) is 0 Å². The predicted molar refractivity (Wildman–Crippen MR) is 140 cm³/mol. The SMILES string of the molecule is CCOC(=O)C1=C(CN2CCN(S(=O)(=O)c3ccccc3)CC2)N(C)C(=O)NC1c1ccc(C)cc1C. The van der Waals surface area contributed by atoms with Crippen LogP contribution in [0.4, 0.5) is 4.79 Å². The van der Waals surface area contributed by atoms with Crippen LogP contribution in [0.1, 0.15) is 29.7 Å². The van der Waals surface area contributed by atoms with E-state index in [-0.39, 0.29) is 17.5 Å². The van der Waals surface area contributed by atoms with E-state index in [1.165, 1.54) is 9.21 Å². The van der Waals surface area contributed by atoms with Gasteiger partial charge in [0.25, 0.3) is 0 Å². The second-order valence-electron chi connectivity index (χ2n) is 9.38. The van der Waals surface area contributed by atoms with Gasteiger partial charge in [0, 0.05) is 45.5 Å². The number of carbonyl (C=O) groups is 2. The van der Waals surface area contributed by atoms with Crippen LogP contribution in [-0.2, 0) is 19.6 Å². The molecule has 0 spiro atoms. The summed E-state index contributed by atoms with van der Waals surface area (Å²) in [5.41, 5.74) is 3.86. The molecule has 9 nitrogen and oxygen atoms in total. The van der Waals surface area contributed by atoms with Crippen molar-refractivity contribution in [2.24, 2.45) is 0 Å². The summed E-state index contributed by atoms with van der Waals surface area (Å²) in [6.45, 7) is 7.80. The van der Waals surface area contributed by atoms with Gasteiger partial charge in [0.15, 0.2) is 0 Å². The van der Waals surface area contributed by atoms with Crippen LogP contribution in [0.2, 0.25) is 0 Å². The summed E-state index contributed by atoms with van der Waals surface area (Å²) in [5, 5.41) is 2.97. The number of nitrogens with zero attached hydrogens (tertiary/aromatic N) is 3. The van der Waals surface area contributed by atoms with Crippen molar-refractivity contribution in [2.75, 3.05) is 46.4 Å². The van der Waals surface area contributed by atoms with Gasteiger partial charge in [0.1, 0.15) is 0 Å². The lowest BCUT2D eigenvalue weighted by molar-refractivity contribution is -0.139. The number of urea groups is 1. The molecule has 37 heavy (non-hydrogen) atoms. The van der Waals surface area contributed by atoms with E-state index < -0.39 is 22.0 Å². The van der Waals surface area contributed by atoms with Crippen LogP contribution in [0.3, 0.4) is 0 Å². The molecule has 2 aliphatic rings. The fourth-order valence-electron chi connectivity index (χ4n) is 4.86. The van der Waals surface area contributed by atoms with Crippen LogP contribution in [0, 0.1) is 13.8 Å². The smallest absolute Gasteiger partial charge is 0.338 e. The number of benzene rings is 2. The molecular weight excluding hydrogens is 492 g/mol. The first-order valence-corrected chi connectivity index (χ1v) is 13.9. The highest BCUT2D eigenvalue weighted by Crippen LogP contribution is 2.33. The Hall–Kier alpha value is -3.21. The molecule has 1 fully saturated rings. The van der Waals surface area contributed by atoms with E-state index in [1.54, 1.807) is 44.3 Å². The van der Waals surface area contributed by atoms with E-state index in [1.807, 2.05) is 32.0 Å². The summed E-state index contributed by atoms with van der Waals surface area (Å²) in [7, 11) is -1.94. The van der Waals surface area contributed by atoms with Gasteiger partial charge in [0.2, 0.25) is 10.0 Å². The van der Waals surface area contributed by atoms with Gasteiger partial charge in [-0.25, -0.2) is 18.0 Å². The molecule has 0 saturated carbocycles. The van der Waals surface area contributed by atoms with Crippen molar-refractivity contribution in [1.82, 2.24) is 19.4 Å². The van der Waals surface area contributed by atoms with Crippen LogP contribution >= 0.6 is 0 Å². The zero-order valence-corrected chi connectivity index (χ0v) is 22.5. The average molecular weight is 527 g/mol. The zero-order valence-electron chi connectivity index (χ0n) is 21.7. The molecule has 0 bridgehead atoms. The Labute approximate surface area is 218 Å². The highest BCUT2D eigenvalue weighted by atomic mass is 32.2. The number of amides is 2. The van der Waals surface area contributed by atoms with Crippen LogP contribution in [0.5, 0.6) is 0 Å². The Morgan fingerprint density at radius 3 is 2.35 bits per heavy atom. The maximum atomic E-state index is 13.2.